The number of rotatable bonds is 15. The molecule has 0 aliphatic heterocycles. The van der Waals surface area contributed by atoms with Crippen LogP contribution in [-0.4, -0.2) is 49.1 Å². The van der Waals surface area contributed by atoms with Crippen LogP contribution in [0.1, 0.15) is 58.1 Å². The summed E-state index contributed by atoms with van der Waals surface area (Å²) in [7, 11) is 0. The summed E-state index contributed by atoms with van der Waals surface area (Å²) in [5.41, 5.74) is 2.15. The van der Waals surface area contributed by atoms with Crippen molar-refractivity contribution in [2.24, 2.45) is 0 Å². The maximum atomic E-state index is 13.3. The lowest BCUT2D eigenvalue weighted by Crippen LogP contribution is -2.49. The molecule has 0 fully saturated rings. The van der Waals surface area contributed by atoms with E-state index in [4.69, 9.17) is 9.47 Å². The highest BCUT2D eigenvalue weighted by Crippen LogP contribution is 2.29. The van der Waals surface area contributed by atoms with Gasteiger partial charge in [-0.25, -0.2) is 0 Å². The quantitative estimate of drug-likeness (QED) is 0.382. The number of benzene rings is 2. The van der Waals surface area contributed by atoms with Gasteiger partial charge in [-0.1, -0.05) is 49.7 Å². The Labute approximate surface area is 204 Å². The van der Waals surface area contributed by atoms with Gasteiger partial charge in [0.05, 0.1) is 13.2 Å². The molecule has 2 aromatic carbocycles. The van der Waals surface area contributed by atoms with E-state index in [2.05, 4.69) is 12.2 Å². The summed E-state index contributed by atoms with van der Waals surface area (Å²) in [6.07, 6.45) is 3.53. The lowest BCUT2D eigenvalue weighted by molar-refractivity contribution is -0.139. The fraction of sp³-hybridized carbons (Fsp3) is 0.500. The van der Waals surface area contributed by atoms with Crippen molar-refractivity contribution in [1.82, 2.24) is 10.2 Å². The van der Waals surface area contributed by atoms with E-state index in [-0.39, 0.29) is 11.8 Å². The molecule has 0 bridgehead atoms. The van der Waals surface area contributed by atoms with E-state index in [0.717, 1.165) is 24.0 Å². The fourth-order valence-corrected chi connectivity index (χ4v) is 3.75. The third-order valence-corrected chi connectivity index (χ3v) is 5.72. The number of amides is 2. The van der Waals surface area contributed by atoms with Crippen molar-refractivity contribution in [2.45, 2.75) is 65.8 Å². The van der Waals surface area contributed by atoms with E-state index in [9.17, 15) is 9.59 Å². The topological polar surface area (TPSA) is 67.9 Å². The van der Waals surface area contributed by atoms with Gasteiger partial charge in [-0.2, -0.15) is 0 Å². The molecule has 6 nitrogen and oxygen atoms in total. The van der Waals surface area contributed by atoms with Crippen molar-refractivity contribution in [3.05, 3.63) is 59.7 Å². The minimum Gasteiger partial charge on any atom is -0.490 e. The Morgan fingerprint density at radius 3 is 2.29 bits per heavy atom. The lowest BCUT2D eigenvalue weighted by atomic mass is 10.1. The van der Waals surface area contributed by atoms with E-state index < -0.39 is 6.04 Å². The van der Waals surface area contributed by atoms with Crippen LogP contribution in [0.5, 0.6) is 11.5 Å². The third kappa shape index (κ3) is 8.73. The Bertz CT molecular complexity index is 885. The van der Waals surface area contributed by atoms with Crippen LogP contribution in [-0.2, 0) is 22.4 Å². The van der Waals surface area contributed by atoms with Crippen molar-refractivity contribution in [1.29, 1.82) is 0 Å². The van der Waals surface area contributed by atoms with Crippen molar-refractivity contribution < 1.29 is 19.1 Å². The second-order valence-corrected chi connectivity index (χ2v) is 8.29. The minimum absolute atomic E-state index is 0.0269. The van der Waals surface area contributed by atoms with Crippen LogP contribution < -0.4 is 14.8 Å². The molecule has 0 aliphatic carbocycles. The Morgan fingerprint density at radius 1 is 0.912 bits per heavy atom. The third-order valence-electron chi connectivity index (χ3n) is 5.72. The molecule has 0 unspecified atom stereocenters. The number of aryl methyl sites for hydroxylation is 1. The number of carbonyl (C=O) groups is 2. The fourth-order valence-electron chi connectivity index (χ4n) is 3.75. The van der Waals surface area contributed by atoms with Crippen LogP contribution in [0.4, 0.5) is 0 Å². The SMILES string of the molecule is CCCCNC(=O)[C@H](C)N(CCc1ccccc1)C(=O)CCc1ccc(OCC)c(OCC)c1. The van der Waals surface area contributed by atoms with E-state index >= 15 is 0 Å². The molecular weight excluding hydrogens is 428 g/mol. The highest BCUT2D eigenvalue weighted by Gasteiger charge is 2.25. The number of carbonyl (C=O) groups excluding carboxylic acids is 2. The van der Waals surface area contributed by atoms with E-state index in [1.165, 1.54) is 0 Å². The number of hydrogen-bond donors (Lipinski definition) is 1. The predicted octanol–water partition coefficient (Wildman–Crippen LogP) is 4.79. The zero-order valence-electron chi connectivity index (χ0n) is 21.1. The van der Waals surface area contributed by atoms with Crippen LogP contribution in [0.3, 0.4) is 0 Å². The number of nitrogens with one attached hydrogen (secondary N) is 1. The molecule has 34 heavy (non-hydrogen) atoms. The maximum absolute atomic E-state index is 13.3. The zero-order chi connectivity index (χ0) is 24.8. The lowest BCUT2D eigenvalue weighted by Gasteiger charge is -2.29. The maximum Gasteiger partial charge on any atom is 0.242 e. The van der Waals surface area contributed by atoms with Gasteiger partial charge in [0.15, 0.2) is 11.5 Å². The first-order valence-corrected chi connectivity index (χ1v) is 12.5. The average Bonchev–Trinajstić information content (AvgIpc) is 2.85. The molecule has 2 amide bonds. The van der Waals surface area contributed by atoms with Crippen LogP contribution in [0.15, 0.2) is 48.5 Å². The Morgan fingerprint density at radius 2 is 1.62 bits per heavy atom. The van der Waals surface area contributed by atoms with Gasteiger partial charge >= 0.3 is 0 Å². The van der Waals surface area contributed by atoms with Gasteiger partial charge in [0.1, 0.15) is 6.04 Å². The number of hydrogen-bond acceptors (Lipinski definition) is 4. The van der Waals surface area contributed by atoms with Crippen molar-refractivity contribution in [2.75, 3.05) is 26.3 Å². The summed E-state index contributed by atoms with van der Waals surface area (Å²) in [5.74, 6) is 1.27. The van der Waals surface area contributed by atoms with Gasteiger partial charge in [-0.05, 0) is 63.3 Å². The highest BCUT2D eigenvalue weighted by molar-refractivity contribution is 5.87. The van der Waals surface area contributed by atoms with Crippen molar-refractivity contribution in [3.8, 4) is 11.5 Å². The van der Waals surface area contributed by atoms with Gasteiger partial charge in [0.2, 0.25) is 11.8 Å². The first-order chi connectivity index (χ1) is 16.5. The first-order valence-electron chi connectivity index (χ1n) is 12.5. The normalized spacial score (nSPS) is 11.5. The first kappa shape index (κ1) is 27.2. The number of unbranched alkanes of at least 4 members (excludes halogenated alkanes) is 1. The molecule has 2 aromatic rings. The van der Waals surface area contributed by atoms with Gasteiger partial charge in [-0.3, -0.25) is 9.59 Å². The summed E-state index contributed by atoms with van der Waals surface area (Å²) in [6, 6.07) is 15.3. The molecule has 1 atom stereocenters. The molecule has 0 saturated carbocycles. The van der Waals surface area contributed by atoms with E-state index in [1.54, 1.807) is 4.90 Å². The Kier molecular flexibility index (Phi) is 12.0. The molecule has 1 N–H and O–H groups in total. The standard InChI is InChI=1S/C28H40N2O4/c1-5-8-19-29-28(32)22(4)30(20-18-23-12-10-9-11-13-23)27(31)17-15-24-14-16-25(33-6-2)26(21-24)34-7-3/h9-14,16,21-22H,5-8,15,17-20H2,1-4H3,(H,29,32)/t22-/m0/s1. The van der Waals surface area contributed by atoms with Crippen LogP contribution >= 0.6 is 0 Å². The zero-order valence-corrected chi connectivity index (χ0v) is 21.1. The molecule has 0 spiro atoms. The van der Waals surface area contributed by atoms with Gasteiger partial charge in [-0.15, -0.1) is 0 Å². The molecule has 186 valence electrons. The molecule has 0 heterocycles. The highest BCUT2D eigenvalue weighted by atomic mass is 16.5. The van der Waals surface area contributed by atoms with Crippen molar-refractivity contribution in [3.63, 3.8) is 0 Å². The van der Waals surface area contributed by atoms with E-state index in [1.807, 2.05) is 69.3 Å². The molecule has 0 aromatic heterocycles. The predicted molar refractivity (Wildman–Crippen MR) is 136 cm³/mol. The minimum atomic E-state index is -0.521. The Hall–Kier alpha value is -3.02. The molecule has 0 radical (unpaired) electrons. The van der Waals surface area contributed by atoms with Gasteiger partial charge in [0.25, 0.3) is 0 Å². The van der Waals surface area contributed by atoms with Crippen molar-refractivity contribution >= 4 is 11.8 Å². The molecular formula is C28H40N2O4. The van der Waals surface area contributed by atoms with Crippen LogP contribution in [0, 0.1) is 0 Å². The molecule has 0 aliphatic rings. The van der Waals surface area contributed by atoms with E-state index in [0.29, 0.717) is 57.1 Å². The molecule has 0 saturated heterocycles. The van der Waals surface area contributed by atoms with Gasteiger partial charge < -0.3 is 19.7 Å². The van der Waals surface area contributed by atoms with Gasteiger partial charge in [0, 0.05) is 19.5 Å². The average molecular weight is 469 g/mol. The molecule has 2 rings (SSSR count). The smallest absolute Gasteiger partial charge is 0.242 e. The largest absolute Gasteiger partial charge is 0.490 e. The summed E-state index contributed by atoms with van der Waals surface area (Å²) < 4.78 is 11.4. The van der Waals surface area contributed by atoms with Crippen LogP contribution in [0.2, 0.25) is 0 Å². The second kappa shape index (κ2) is 15.0. The molecule has 6 heteroatoms. The Balaban J connectivity index is 2.08. The summed E-state index contributed by atoms with van der Waals surface area (Å²) in [6.45, 7) is 10.0. The summed E-state index contributed by atoms with van der Waals surface area (Å²) >= 11 is 0. The number of ether oxygens (including phenoxy) is 2. The summed E-state index contributed by atoms with van der Waals surface area (Å²) in [4.78, 5) is 27.7. The van der Waals surface area contributed by atoms with Crippen LogP contribution in [0.25, 0.3) is 0 Å². The second-order valence-electron chi connectivity index (χ2n) is 8.29. The summed E-state index contributed by atoms with van der Waals surface area (Å²) in [5, 5.41) is 2.97. The monoisotopic (exact) mass is 468 g/mol. The number of nitrogens with zero attached hydrogens (tertiary/aromatic N) is 1.